The van der Waals surface area contributed by atoms with E-state index in [1.807, 2.05) is 0 Å². The first-order valence-corrected chi connectivity index (χ1v) is 5.52. The van der Waals surface area contributed by atoms with Crippen molar-refractivity contribution in [3.8, 4) is 0 Å². The summed E-state index contributed by atoms with van der Waals surface area (Å²) < 4.78 is 18.1. The fourth-order valence-electron chi connectivity index (χ4n) is 1.28. The highest BCUT2D eigenvalue weighted by atomic mass is 19.1. The fraction of sp³-hybridized carbons (Fsp3) is 0.385. The standard InChI is InChI=1S/C13H16FNO3/c1-13(2,3)18-12(17)15-7-9-4-5-11(14)10(6-9)8-16/h4-6,8H,7H2,1-3H3,(H,15,17). The van der Waals surface area contributed by atoms with Gasteiger partial charge in [0.05, 0.1) is 5.56 Å². The number of hydrogen-bond acceptors (Lipinski definition) is 3. The molecule has 0 aliphatic carbocycles. The Bertz CT molecular complexity index is 452. The van der Waals surface area contributed by atoms with Gasteiger partial charge in [0.2, 0.25) is 0 Å². The molecule has 0 aromatic heterocycles. The molecule has 98 valence electrons. The molecule has 1 aromatic rings. The minimum Gasteiger partial charge on any atom is -0.444 e. The van der Waals surface area contributed by atoms with Crippen LogP contribution >= 0.6 is 0 Å². The first kappa shape index (κ1) is 14.2. The van der Waals surface area contributed by atoms with Gasteiger partial charge in [-0.05, 0) is 38.5 Å². The molecule has 1 N–H and O–H groups in total. The Morgan fingerprint density at radius 3 is 2.67 bits per heavy atom. The lowest BCUT2D eigenvalue weighted by Crippen LogP contribution is -2.32. The number of rotatable bonds is 3. The first-order valence-electron chi connectivity index (χ1n) is 5.52. The molecule has 0 fully saturated rings. The SMILES string of the molecule is CC(C)(C)OC(=O)NCc1ccc(F)c(C=O)c1. The van der Waals surface area contributed by atoms with Crippen LogP contribution in [0.1, 0.15) is 36.7 Å². The van der Waals surface area contributed by atoms with Crippen molar-refractivity contribution in [1.29, 1.82) is 0 Å². The van der Waals surface area contributed by atoms with E-state index >= 15 is 0 Å². The molecule has 18 heavy (non-hydrogen) atoms. The normalized spacial score (nSPS) is 10.9. The van der Waals surface area contributed by atoms with Gasteiger partial charge in [-0.1, -0.05) is 6.07 Å². The van der Waals surface area contributed by atoms with E-state index in [2.05, 4.69) is 5.32 Å². The summed E-state index contributed by atoms with van der Waals surface area (Å²) in [5.41, 5.74) is 0.0312. The number of ether oxygens (including phenoxy) is 1. The molecule has 0 unspecified atom stereocenters. The number of halogens is 1. The molecule has 4 nitrogen and oxygen atoms in total. The zero-order valence-electron chi connectivity index (χ0n) is 10.6. The van der Waals surface area contributed by atoms with Crippen LogP contribution in [0.25, 0.3) is 0 Å². The number of alkyl carbamates (subject to hydrolysis) is 1. The second-order valence-electron chi connectivity index (χ2n) is 4.83. The number of amides is 1. The Morgan fingerprint density at radius 1 is 1.44 bits per heavy atom. The maximum Gasteiger partial charge on any atom is 0.407 e. The summed E-state index contributed by atoms with van der Waals surface area (Å²) in [4.78, 5) is 21.9. The number of hydrogen-bond donors (Lipinski definition) is 1. The van der Waals surface area contributed by atoms with Crippen LogP contribution in [-0.2, 0) is 11.3 Å². The van der Waals surface area contributed by atoms with Crippen molar-refractivity contribution in [2.45, 2.75) is 32.9 Å². The second-order valence-corrected chi connectivity index (χ2v) is 4.83. The molecule has 0 atom stereocenters. The predicted octanol–water partition coefficient (Wildman–Crippen LogP) is 2.66. The minimum absolute atomic E-state index is 0.0292. The smallest absolute Gasteiger partial charge is 0.407 e. The maximum absolute atomic E-state index is 13.0. The van der Waals surface area contributed by atoms with Crippen LogP contribution in [0.15, 0.2) is 18.2 Å². The fourth-order valence-corrected chi connectivity index (χ4v) is 1.28. The molecule has 0 radical (unpaired) electrons. The topological polar surface area (TPSA) is 55.4 Å². The minimum atomic E-state index is -0.578. The van der Waals surface area contributed by atoms with Crippen molar-refractivity contribution in [1.82, 2.24) is 5.32 Å². The lowest BCUT2D eigenvalue weighted by molar-refractivity contribution is 0.0523. The number of carbonyl (C=O) groups is 2. The van der Waals surface area contributed by atoms with E-state index in [-0.39, 0.29) is 12.1 Å². The Balaban J connectivity index is 2.59. The monoisotopic (exact) mass is 253 g/mol. The summed E-state index contributed by atoms with van der Waals surface area (Å²) in [7, 11) is 0. The lowest BCUT2D eigenvalue weighted by atomic mass is 10.1. The molecule has 0 bridgehead atoms. The van der Waals surface area contributed by atoms with E-state index in [0.717, 1.165) is 0 Å². The van der Waals surface area contributed by atoms with Crippen LogP contribution in [0, 0.1) is 5.82 Å². The molecule has 0 aliphatic rings. The van der Waals surface area contributed by atoms with Crippen molar-refractivity contribution >= 4 is 12.4 Å². The third-order valence-electron chi connectivity index (χ3n) is 2.02. The van der Waals surface area contributed by atoms with E-state index < -0.39 is 17.5 Å². The summed E-state index contributed by atoms with van der Waals surface area (Å²) in [6.45, 7) is 5.45. The molecule has 5 heteroatoms. The largest absolute Gasteiger partial charge is 0.444 e. The van der Waals surface area contributed by atoms with E-state index in [9.17, 15) is 14.0 Å². The van der Waals surface area contributed by atoms with Crippen LogP contribution in [0.4, 0.5) is 9.18 Å². The molecule has 0 saturated carbocycles. The third-order valence-corrected chi connectivity index (χ3v) is 2.02. The molecule has 0 saturated heterocycles. The van der Waals surface area contributed by atoms with Gasteiger partial charge in [-0.15, -0.1) is 0 Å². The quantitative estimate of drug-likeness (QED) is 0.842. The van der Waals surface area contributed by atoms with Gasteiger partial charge in [0.1, 0.15) is 11.4 Å². The summed E-state index contributed by atoms with van der Waals surface area (Å²) in [5, 5.41) is 2.53. The van der Waals surface area contributed by atoms with Crippen LogP contribution in [0.5, 0.6) is 0 Å². The highest BCUT2D eigenvalue weighted by Gasteiger charge is 2.15. The molecule has 1 aromatic carbocycles. The van der Waals surface area contributed by atoms with Crippen molar-refractivity contribution < 1.29 is 18.7 Å². The van der Waals surface area contributed by atoms with E-state index in [1.54, 1.807) is 20.8 Å². The van der Waals surface area contributed by atoms with Gasteiger partial charge in [0.25, 0.3) is 0 Å². The number of carbonyl (C=O) groups excluding carboxylic acids is 2. The zero-order chi connectivity index (χ0) is 13.8. The highest BCUT2D eigenvalue weighted by molar-refractivity contribution is 5.75. The maximum atomic E-state index is 13.0. The average molecular weight is 253 g/mol. The van der Waals surface area contributed by atoms with Crippen molar-refractivity contribution in [2.24, 2.45) is 0 Å². The zero-order valence-corrected chi connectivity index (χ0v) is 10.6. The van der Waals surface area contributed by atoms with Gasteiger partial charge < -0.3 is 10.1 Å². The lowest BCUT2D eigenvalue weighted by Gasteiger charge is -2.19. The van der Waals surface area contributed by atoms with Crippen molar-refractivity contribution in [3.63, 3.8) is 0 Å². The van der Waals surface area contributed by atoms with Crippen LogP contribution in [-0.4, -0.2) is 18.0 Å². The Labute approximate surface area is 105 Å². The van der Waals surface area contributed by atoms with Gasteiger partial charge in [0, 0.05) is 6.54 Å². The van der Waals surface area contributed by atoms with Crippen LogP contribution in [0.2, 0.25) is 0 Å². The number of nitrogens with one attached hydrogen (secondary N) is 1. The van der Waals surface area contributed by atoms with Gasteiger partial charge in [0.15, 0.2) is 6.29 Å². The van der Waals surface area contributed by atoms with E-state index in [0.29, 0.717) is 11.8 Å². The Hall–Kier alpha value is -1.91. The molecule has 0 heterocycles. The molecular weight excluding hydrogens is 237 g/mol. The Morgan fingerprint density at radius 2 is 2.11 bits per heavy atom. The van der Waals surface area contributed by atoms with Gasteiger partial charge >= 0.3 is 6.09 Å². The predicted molar refractivity (Wildman–Crippen MR) is 64.9 cm³/mol. The number of aldehydes is 1. The van der Waals surface area contributed by atoms with Gasteiger partial charge in [-0.25, -0.2) is 9.18 Å². The summed E-state index contributed by atoms with van der Waals surface area (Å²) in [6.07, 6.45) is -0.119. The molecule has 0 aliphatic heterocycles. The van der Waals surface area contributed by atoms with Crippen molar-refractivity contribution in [2.75, 3.05) is 0 Å². The molecule has 0 spiro atoms. The average Bonchev–Trinajstić information content (AvgIpc) is 2.25. The van der Waals surface area contributed by atoms with Crippen molar-refractivity contribution in [3.05, 3.63) is 35.1 Å². The number of benzene rings is 1. The molecule has 1 rings (SSSR count). The van der Waals surface area contributed by atoms with E-state index in [4.69, 9.17) is 4.74 Å². The molecular formula is C13H16FNO3. The first-order chi connectivity index (χ1) is 8.31. The summed E-state index contributed by atoms with van der Waals surface area (Å²) in [5.74, 6) is -0.578. The molecule has 1 amide bonds. The third kappa shape index (κ3) is 4.53. The Kier molecular flexibility index (Phi) is 4.42. The van der Waals surface area contributed by atoms with Crippen LogP contribution in [0.3, 0.4) is 0 Å². The van der Waals surface area contributed by atoms with Gasteiger partial charge in [-0.2, -0.15) is 0 Å². The highest BCUT2D eigenvalue weighted by Crippen LogP contribution is 2.10. The van der Waals surface area contributed by atoms with E-state index in [1.165, 1.54) is 18.2 Å². The summed E-state index contributed by atoms with van der Waals surface area (Å²) in [6, 6.07) is 4.08. The van der Waals surface area contributed by atoms with Crippen LogP contribution < -0.4 is 5.32 Å². The summed E-state index contributed by atoms with van der Waals surface area (Å²) >= 11 is 0. The van der Waals surface area contributed by atoms with Gasteiger partial charge in [-0.3, -0.25) is 4.79 Å². The second kappa shape index (κ2) is 5.62.